The third-order valence-corrected chi connectivity index (χ3v) is 2.90. The Hall–Kier alpha value is -2.57. The minimum absolute atomic E-state index is 0.285. The number of ether oxygens (including phenoxy) is 2. The number of oxime groups is 1. The zero-order valence-corrected chi connectivity index (χ0v) is 14.7. The Morgan fingerprint density at radius 2 is 1.83 bits per heavy atom. The topological polar surface area (TPSA) is 86.2 Å². The molecule has 0 heterocycles. The van der Waals surface area contributed by atoms with Crippen LogP contribution >= 0.6 is 0 Å². The van der Waals surface area contributed by atoms with Crippen molar-refractivity contribution in [3.05, 3.63) is 35.4 Å². The van der Waals surface area contributed by atoms with E-state index in [2.05, 4.69) is 15.3 Å². The van der Waals surface area contributed by atoms with Gasteiger partial charge in [0, 0.05) is 6.42 Å². The monoisotopic (exact) mass is 336 g/mol. The molecule has 1 rings (SSSR count). The molecule has 0 bridgehead atoms. The lowest BCUT2D eigenvalue weighted by atomic mass is 10.0. The molecule has 7 nitrogen and oxygen atoms in total. The van der Waals surface area contributed by atoms with E-state index in [9.17, 15) is 9.59 Å². The maximum Gasteiger partial charge on any atom is 0.408 e. The highest BCUT2D eigenvalue weighted by atomic mass is 16.6. The Bertz CT molecular complexity index is 576. The molecule has 0 aromatic heterocycles. The molecule has 7 heteroatoms. The van der Waals surface area contributed by atoms with Gasteiger partial charge in [-0.05, 0) is 31.9 Å². The van der Waals surface area contributed by atoms with Gasteiger partial charge in [-0.15, -0.1) is 0 Å². The first-order valence-electron chi connectivity index (χ1n) is 7.48. The molecule has 1 atom stereocenters. The number of amides is 1. The van der Waals surface area contributed by atoms with E-state index in [1.165, 1.54) is 14.2 Å². The number of benzene rings is 1. The van der Waals surface area contributed by atoms with Crippen molar-refractivity contribution >= 4 is 18.3 Å². The lowest BCUT2D eigenvalue weighted by molar-refractivity contribution is -0.143. The molecule has 24 heavy (non-hydrogen) atoms. The molecule has 0 aliphatic carbocycles. The molecule has 0 fully saturated rings. The number of nitrogens with zero attached hydrogens (tertiary/aromatic N) is 1. The molecule has 0 saturated heterocycles. The molecule has 0 aliphatic heterocycles. The van der Waals surface area contributed by atoms with Crippen molar-refractivity contribution in [2.24, 2.45) is 5.16 Å². The highest BCUT2D eigenvalue weighted by Crippen LogP contribution is 2.10. The number of esters is 1. The standard InChI is InChI=1S/C17H24N2O5/c1-17(2,3)24-16(21)19-14(15(20)22-4)10-12-6-8-13(9-7-12)11-18-23-5/h6-9,11,14H,10H2,1-5H3,(H,19,21). The van der Waals surface area contributed by atoms with E-state index in [4.69, 9.17) is 9.47 Å². The highest BCUT2D eigenvalue weighted by Gasteiger charge is 2.25. The van der Waals surface area contributed by atoms with Crippen LogP contribution in [-0.4, -0.2) is 44.1 Å². The number of rotatable bonds is 6. The summed E-state index contributed by atoms with van der Waals surface area (Å²) >= 11 is 0. The van der Waals surface area contributed by atoms with Crippen molar-refractivity contribution < 1.29 is 23.9 Å². The fraction of sp³-hybridized carbons (Fsp3) is 0.471. The first-order chi connectivity index (χ1) is 11.2. The zero-order valence-electron chi connectivity index (χ0n) is 14.7. The number of nitrogens with one attached hydrogen (secondary N) is 1. The van der Waals surface area contributed by atoms with Crippen molar-refractivity contribution in [3.63, 3.8) is 0 Å². The summed E-state index contributed by atoms with van der Waals surface area (Å²) in [6.45, 7) is 5.25. The minimum Gasteiger partial charge on any atom is -0.467 e. The van der Waals surface area contributed by atoms with E-state index in [0.29, 0.717) is 0 Å². The van der Waals surface area contributed by atoms with Crippen LogP contribution in [0.15, 0.2) is 29.4 Å². The summed E-state index contributed by atoms with van der Waals surface area (Å²) in [6, 6.07) is 6.51. The van der Waals surface area contributed by atoms with Gasteiger partial charge in [0.05, 0.1) is 13.3 Å². The van der Waals surface area contributed by atoms with Gasteiger partial charge in [0.2, 0.25) is 0 Å². The second-order valence-corrected chi connectivity index (χ2v) is 6.08. The van der Waals surface area contributed by atoms with E-state index in [1.807, 2.05) is 24.3 Å². The number of methoxy groups -OCH3 is 1. The summed E-state index contributed by atoms with van der Waals surface area (Å²) in [5.74, 6) is -0.536. The molecule has 0 spiro atoms. The van der Waals surface area contributed by atoms with Crippen molar-refractivity contribution in [2.75, 3.05) is 14.2 Å². The molecular formula is C17H24N2O5. The summed E-state index contributed by atoms with van der Waals surface area (Å²) < 4.78 is 9.92. The van der Waals surface area contributed by atoms with Gasteiger partial charge in [0.1, 0.15) is 18.8 Å². The van der Waals surface area contributed by atoms with E-state index >= 15 is 0 Å². The Labute approximate surface area is 142 Å². The van der Waals surface area contributed by atoms with Gasteiger partial charge in [0.15, 0.2) is 0 Å². The lowest BCUT2D eigenvalue weighted by Crippen LogP contribution is -2.45. The van der Waals surface area contributed by atoms with E-state index < -0.39 is 23.7 Å². The van der Waals surface area contributed by atoms with Crippen molar-refractivity contribution in [3.8, 4) is 0 Å². The average molecular weight is 336 g/mol. The molecule has 0 aliphatic rings. The number of carbonyl (C=O) groups is 2. The predicted octanol–water partition coefficient (Wildman–Crippen LogP) is 2.28. The zero-order chi connectivity index (χ0) is 18.2. The Balaban J connectivity index is 2.77. The normalized spacial score (nSPS) is 12.5. The molecule has 1 unspecified atom stereocenters. The third kappa shape index (κ3) is 7.13. The molecule has 132 valence electrons. The quantitative estimate of drug-likeness (QED) is 0.489. The lowest BCUT2D eigenvalue weighted by Gasteiger charge is -2.22. The van der Waals surface area contributed by atoms with Gasteiger partial charge in [-0.3, -0.25) is 0 Å². The summed E-state index contributed by atoms with van der Waals surface area (Å²) in [5, 5.41) is 6.21. The Morgan fingerprint density at radius 3 is 2.33 bits per heavy atom. The number of hydrogen-bond donors (Lipinski definition) is 1. The fourth-order valence-corrected chi connectivity index (χ4v) is 1.87. The van der Waals surface area contributed by atoms with Crippen LogP contribution in [0.3, 0.4) is 0 Å². The molecule has 0 saturated carbocycles. The van der Waals surface area contributed by atoms with Crippen LogP contribution in [-0.2, 0) is 25.5 Å². The molecule has 1 N–H and O–H groups in total. The van der Waals surface area contributed by atoms with Gasteiger partial charge in [-0.1, -0.05) is 29.4 Å². The minimum atomic E-state index is -0.830. The van der Waals surface area contributed by atoms with Gasteiger partial charge >= 0.3 is 12.1 Å². The smallest absolute Gasteiger partial charge is 0.408 e. The third-order valence-electron chi connectivity index (χ3n) is 2.90. The molecule has 1 amide bonds. The van der Waals surface area contributed by atoms with Crippen LogP contribution in [0.1, 0.15) is 31.9 Å². The van der Waals surface area contributed by atoms with Gasteiger partial charge in [0.25, 0.3) is 0 Å². The van der Waals surface area contributed by atoms with Crippen LogP contribution in [0.25, 0.3) is 0 Å². The number of carbonyl (C=O) groups excluding carboxylic acids is 2. The molecular weight excluding hydrogens is 312 g/mol. The molecule has 1 aromatic rings. The predicted molar refractivity (Wildman–Crippen MR) is 89.9 cm³/mol. The highest BCUT2D eigenvalue weighted by molar-refractivity contribution is 5.82. The van der Waals surface area contributed by atoms with Gasteiger partial charge in [-0.25, -0.2) is 9.59 Å². The van der Waals surface area contributed by atoms with E-state index in [1.54, 1.807) is 27.0 Å². The maximum absolute atomic E-state index is 11.9. The summed E-state index contributed by atoms with van der Waals surface area (Å²) in [4.78, 5) is 28.4. The van der Waals surface area contributed by atoms with Crippen molar-refractivity contribution in [1.82, 2.24) is 5.32 Å². The van der Waals surface area contributed by atoms with Crippen molar-refractivity contribution in [2.45, 2.75) is 38.8 Å². The second kappa shape index (κ2) is 8.90. The first kappa shape index (κ1) is 19.5. The average Bonchev–Trinajstić information content (AvgIpc) is 2.51. The summed E-state index contributed by atoms with van der Waals surface area (Å²) in [6.07, 6.45) is 1.19. The fourth-order valence-electron chi connectivity index (χ4n) is 1.87. The second-order valence-electron chi connectivity index (χ2n) is 6.08. The van der Waals surface area contributed by atoms with Gasteiger partial charge in [-0.2, -0.15) is 0 Å². The summed E-state index contributed by atoms with van der Waals surface area (Å²) in [5.41, 5.74) is 1.07. The van der Waals surface area contributed by atoms with Crippen LogP contribution in [0.4, 0.5) is 4.79 Å². The van der Waals surface area contributed by atoms with Crippen molar-refractivity contribution in [1.29, 1.82) is 0 Å². The Kier molecular flexibility index (Phi) is 7.23. The number of hydrogen-bond acceptors (Lipinski definition) is 6. The van der Waals surface area contributed by atoms with Crippen LogP contribution < -0.4 is 5.32 Å². The van der Waals surface area contributed by atoms with Crippen LogP contribution in [0.2, 0.25) is 0 Å². The van der Waals surface area contributed by atoms with E-state index in [0.717, 1.165) is 11.1 Å². The maximum atomic E-state index is 11.9. The SMILES string of the molecule is CON=Cc1ccc(CC(NC(=O)OC(C)(C)C)C(=O)OC)cc1. The summed E-state index contributed by atoms with van der Waals surface area (Å²) in [7, 11) is 2.74. The number of alkyl carbamates (subject to hydrolysis) is 1. The first-order valence-corrected chi connectivity index (χ1v) is 7.48. The largest absolute Gasteiger partial charge is 0.467 e. The van der Waals surface area contributed by atoms with Crippen LogP contribution in [0, 0.1) is 0 Å². The van der Waals surface area contributed by atoms with Crippen LogP contribution in [0.5, 0.6) is 0 Å². The molecule has 0 radical (unpaired) electrons. The Morgan fingerprint density at radius 1 is 1.21 bits per heavy atom. The molecule has 1 aromatic carbocycles. The van der Waals surface area contributed by atoms with E-state index in [-0.39, 0.29) is 6.42 Å². The van der Waals surface area contributed by atoms with Gasteiger partial charge < -0.3 is 19.6 Å².